The number of hydrogen-bond acceptors (Lipinski definition) is 2. The summed E-state index contributed by atoms with van der Waals surface area (Å²) in [6, 6.07) is 8.07. The minimum absolute atomic E-state index is 0.156. The summed E-state index contributed by atoms with van der Waals surface area (Å²) >= 11 is 0. The third kappa shape index (κ3) is 1.20. The topological polar surface area (TPSA) is 15.3 Å². The van der Waals surface area contributed by atoms with Crippen molar-refractivity contribution in [2.75, 3.05) is 18.0 Å². The summed E-state index contributed by atoms with van der Waals surface area (Å²) < 4.78 is 12.7. The molecule has 0 saturated carbocycles. The molecule has 0 radical (unpaired) electrons. The smallest absolute Gasteiger partial charge is 0.123 e. The van der Waals surface area contributed by atoms with E-state index in [1.165, 1.54) is 18.6 Å². The first-order chi connectivity index (χ1) is 6.83. The Morgan fingerprint density at radius 2 is 2.07 bits per heavy atom. The molecule has 1 N–H and O–H groups in total. The van der Waals surface area contributed by atoms with E-state index in [-0.39, 0.29) is 5.82 Å². The van der Waals surface area contributed by atoms with Gasteiger partial charge in [0, 0.05) is 30.9 Å². The fourth-order valence-corrected chi connectivity index (χ4v) is 2.51. The van der Waals surface area contributed by atoms with Crippen molar-refractivity contribution in [3.8, 4) is 0 Å². The Morgan fingerprint density at radius 3 is 2.64 bits per heavy atom. The first kappa shape index (κ1) is 8.24. The Hall–Kier alpha value is -1.09. The van der Waals surface area contributed by atoms with E-state index in [0.717, 1.165) is 18.8 Å². The standard InChI is InChI=1S/C11H13FN2/c12-8-1-3-10(4-2-8)14-7-9-5-11(14)6-13-9/h1-4,9,11,13H,5-7H2/t9-,11-/m1/s1. The zero-order valence-corrected chi connectivity index (χ0v) is 7.91. The summed E-state index contributed by atoms with van der Waals surface area (Å²) in [7, 11) is 0. The monoisotopic (exact) mass is 192 g/mol. The van der Waals surface area contributed by atoms with Crippen LogP contribution >= 0.6 is 0 Å². The second-order valence-electron chi connectivity index (χ2n) is 4.12. The van der Waals surface area contributed by atoms with E-state index in [2.05, 4.69) is 10.2 Å². The first-order valence-electron chi connectivity index (χ1n) is 5.08. The SMILES string of the molecule is Fc1ccc(N2C[C@H]3C[C@@H]2CN3)cc1. The maximum Gasteiger partial charge on any atom is 0.123 e. The largest absolute Gasteiger partial charge is 0.366 e. The van der Waals surface area contributed by atoms with Gasteiger partial charge in [0.1, 0.15) is 5.82 Å². The van der Waals surface area contributed by atoms with Crippen molar-refractivity contribution in [1.29, 1.82) is 0 Å². The molecule has 0 aliphatic carbocycles. The fourth-order valence-electron chi connectivity index (χ4n) is 2.51. The van der Waals surface area contributed by atoms with Crippen molar-refractivity contribution >= 4 is 5.69 Å². The number of nitrogens with one attached hydrogen (secondary N) is 1. The fraction of sp³-hybridized carbons (Fsp3) is 0.455. The molecule has 0 amide bonds. The lowest BCUT2D eigenvalue weighted by molar-refractivity contribution is 0.579. The molecule has 2 saturated heterocycles. The molecule has 1 aromatic rings. The number of hydrogen-bond donors (Lipinski definition) is 1. The van der Waals surface area contributed by atoms with Crippen LogP contribution in [0.1, 0.15) is 6.42 Å². The highest BCUT2D eigenvalue weighted by Crippen LogP contribution is 2.29. The number of halogens is 1. The quantitative estimate of drug-likeness (QED) is 0.723. The molecule has 2 atom stereocenters. The first-order valence-corrected chi connectivity index (χ1v) is 5.08. The molecule has 14 heavy (non-hydrogen) atoms. The molecular weight excluding hydrogens is 179 g/mol. The van der Waals surface area contributed by atoms with Gasteiger partial charge in [0.15, 0.2) is 0 Å². The predicted molar refractivity (Wildman–Crippen MR) is 53.9 cm³/mol. The summed E-state index contributed by atoms with van der Waals surface area (Å²) in [5, 5.41) is 3.45. The van der Waals surface area contributed by atoms with Gasteiger partial charge in [0.05, 0.1) is 0 Å². The summed E-state index contributed by atoms with van der Waals surface area (Å²) in [5.41, 5.74) is 1.15. The zero-order chi connectivity index (χ0) is 9.54. The Balaban J connectivity index is 1.86. The highest BCUT2D eigenvalue weighted by molar-refractivity contribution is 5.49. The van der Waals surface area contributed by atoms with Gasteiger partial charge in [-0.15, -0.1) is 0 Å². The van der Waals surface area contributed by atoms with E-state index in [1.807, 2.05) is 12.1 Å². The second kappa shape index (κ2) is 2.95. The van der Waals surface area contributed by atoms with Gasteiger partial charge in [-0.25, -0.2) is 4.39 Å². The van der Waals surface area contributed by atoms with Gasteiger partial charge in [0.25, 0.3) is 0 Å². The van der Waals surface area contributed by atoms with E-state index in [9.17, 15) is 4.39 Å². The zero-order valence-electron chi connectivity index (χ0n) is 7.91. The third-order valence-electron chi connectivity index (χ3n) is 3.21. The number of fused-ring (bicyclic) bond motifs is 2. The van der Waals surface area contributed by atoms with Crippen LogP contribution in [0.4, 0.5) is 10.1 Å². The van der Waals surface area contributed by atoms with Crippen molar-refractivity contribution in [3.63, 3.8) is 0 Å². The minimum Gasteiger partial charge on any atom is -0.366 e. The van der Waals surface area contributed by atoms with Crippen molar-refractivity contribution in [2.45, 2.75) is 18.5 Å². The third-order valence-corrected chi connectivity index (χ3v) is 3.21. The Morgan fingerprint density at radius 1 is 1.29 bits per heavy atom. The van der Waals surface area contributed by atoms with E-state index >= 15 is 0 Å². The van der Waals surface area contributed by atoms with E-state index < -0.39 is 0 Å². The highest BCUT2D eigenvalue weighted by atomic mass is 19.1. The van der Waals surface area contributed by atoms with Crippen molar-refractivity contribution < 1.29 is 4.39 Å². The molecule has 0 aromatic heterocycles. The highest BCUT2D eigenvalue weighted by Gasteiger charge is 2.37. The molecule has 3 rings (SSSR count). The number of rotatable bonds is 1. The normalized spacial score (nSPS) is 29.9. The van der Waals surface area contributed by atoms with Crippen LogP contribution < -0.4 is 10.2 Å². The van der Waals surface area contributed by atoms with Crippen LogP contribution in [0.3, 0.4) is 0 Å². The van der Waals surface area contributed by atoms with Gasteiger partial charge in [-0.1, -0.05) is 0 Å². The lowest BCUT2D eigenvalue weighted by Gasteiger charge is -2.29. The average Bonchev–Trinajstić information content (AvgIpc) is 2.80. The van der Waals surface area contributed by atoms with Crippen molar-refractivity contribution in [1.82, 2.24) is 5.32 Å². The van der Waals surface area contributed by atoms with Gasteiger partial charge in [-0.05, 0) is 30.7 Å². The molecule has 3 heteroatoms. The van der Waals surface area contributed by atoms with Crippen LogP contribution in [-0.2, 0) is 0 Å². The van der Waals surface area contributed by atoms with Crippen LogP contribution in [-0.4, -0.2) is 25.2 Å². The van der Waals surface area contributed by atoms with E-state index in [1.54, 1.807) is 0 Å². The van der Waals surface area contributed by atoms with Gasteiger partial charge in [-0.2, -0.15) is 0 Å². The van der Waals surface area contributed by atoms with Crippen LogP contribution in [0.15, 0.2) is 24.3 Å². The van der Waals surface area contributed by atoms with Gasteiger partial charge < -0.3 is 10.2 Å². The molecule has 2 fully saturated rings. The maximum atomic E-state index is 12.7. The number of nitrogens with zero attached hydrogens (tertiary/aromatic N) is 1. The summed E-state index contributed by atoms with van der Waals surface area (Å²) in [6.07, 6.45) is 1.23. The van der Waals surface area contributed by atoms with Crippen LogP contribution in [0.2, 0.25) is 0 Å². The van der Waals surface area contributed by atoms with Crippen LogP contribution in [0.25, 0.3) is 0 Å². The number of piperazine rings is 1. The predicted octanol–water partition coefficient (Wildman–Crippen LogP) is 1.38. The molecule has 1 aromatic carbocycles. The van der Waals surface area contributed by atoms with Crippen molar-refractivity contribution in [2.24, 2.45) is 0 Å². The molecule has 2 bridgehead atoms. The molecule has 2 heterocycles. The molecule has 0 spiro atoms. The number of benzene rings is 1. The minimum atomic E-state index is -0.156. The molecule has 2 nitrogen and oxygen atoms in total. The van der Waals surface area contributed by atoms with Gasteiger partial charge >= 0.3 is 0 Å². The Labute approximate surface area is 82.7 Å². The van der Waals surface area contributed by atoms with Gasteiger partial charge in [0.2, 0.25) is 0 Å². The molecular formula is C11H13FN2. The Kier molecular flexibility index (Phi) is 1.74. The number of anilines is 1. The molecule has 2 aliphatic heterocycles. The summed E-state index contributed by atoms with van der Waals surface area (Å²) in [5.74, 6) is -0.156. The summed E-state index contributed by atoms with van der Waals surface area (Å²) in [6.45, 7) is 2.14. The second-order valence-corrected chi connectivity index (χ2v) is 4.12. The molecule has 0 unspecified atom stereocenters. The lowest BCUT2D eigenvalue weighted by atomic mass is 10.2. The maximum absolute atomic E-state index is 12.7. The lowest BCUT2D eigenvalue weighted by Crippen LogP contribution is -2.43. The van der Waals surface area contributed by atoms with Crippen LogP contribution in [0.5, 0.6) is 0 Å². The molecule has 2 aliphatic rings. The van der Waals surface area contributed by atoms with Gasteiger partial charge in [-0.3, -0.25) is 0 Å². The van der Waals surface area contributed by atoms with Crippen molar-refractivity contribution in [3.05, 3.63) is 30.1 Å². The molecule has 74 valence electrons. The average molecular weight is 192 g/mol. The van der Waals surface area contributed by atoms with Crippen LogP contribution in [0, 0.1) is 5.82 Å². The summed E-state index contributed by atoms with van der Waals surface area (Å²) in [4.78, 5) is 2.38. The van der Waals surface area contributed by atoms with E-state index in [0.29, 0.717) is 12.1 Å². The Bertz CT molecular complexity index is 336. The van der Waals surface area contributed by atoms with E-state index in [4.69, 9.17) is 0 Å².